The van der Waals surface area contributed by atoms with E-state index in [0.29, 0.717) is 23.1 Å². The van der Waals surface area contributed by atoms with E-state index in [-0.39, 0.29) is 17.8 Å². The van der Waals surface area contributed by atoms with Crippen molar-refractivity contribution in [3.05, 3.63) is 33.8 Å². The molecule has 0 aromatic heterocycles. The van der Waals surface area contributed by atoms with Gasteiger partial charge >= 0.3 is 5.97 Å². The molecule has 1 atom stereocenters. The third kappa shape index (κ3) is 5.15. The maximum Gasteiger partial charge on any atom is 0.305 e. The van der Waals surface area contributed by atoms with E-state index in [2.05, 4.69) is 0 Å². The highest BCUT2D eigenvalue weighted by Gasteiger charge is 2.12. The van der Waals surface area contributed by atoms with Gasteiger partial charge in [-0.3, -0.25) is 4.79 Å². The SMILES string of the molecule is CCOC(=O)CCC(Cl)c1cc(Cl)cc(Cl)c1. The van der Waals surface area contributed by atoms with Gasteiger partial charge in [-0.25, -0.2) is 0 Å². The molecule has 1 aromatic rings. The van der Waals surface area contributed by atoms with Gasteiger partial charge in [-0.15, -0.1) is 11.6 Å². The van der Waals surface area contributed by atoms with Crippen molar-refractivity contribution in [3.63, 3.8) is 0 Å². The summed E-state index contributed by atoms with van der Waals surface area (Å²) in [4.78, 5) is 11.2. The second kappa shape index (κ2) is 7.10. The van der Waals surface area contributed by atoms with Crippen molar-refractivity contribution in [1.29, 1.82) is 0 Å². The number of hydrogen-bond donors (Lipinski definition) is 0. The van der Waals surface area contributed by atoms with Gasteiger partial charge in [0.1, 0.15) is 0 Å². The Morgan fingerprint density at radius 2 is 1.88 bits per heavy atom. The van der Waals surface area contributed by atoms with Gasteiger partial charge in [0.25, 0.3) is 0 Å². The summed E-state index contributed by atoms with van der Waals surface area (Å²) in [6.07, 6.45) is 0.781. The lowest BCUT2D eigenvalue weighted by Gasteiger charge is -2.10. The third-order valence-corrected chi connectivity index (χ3v) is 3.06. The quantitative estimate of drug-likeness (QED) is 0.585. The molecule has 1 unspecified atom stereocenters. The minimum Gasteiger partial charge on any atom is -0.466 e. The number of carbonyl (C=O) groups is 1. The molecule has 0 heterocycles. The maximum absolute atomic E-state index is 11.2. The van der Waals surface area contributed by atoms with Crippen LogP contribution in [0.1, 0.15) is 30.7 Å². The fraction of sp³-hybridized carbons (Fsp3) is 0.417. The van der Waals surface area contributed by atoms with E-state index in [4.69, 9.17) is 39.5 Å². The number of halogens is 3. The number of esters is 1. The summed E-state index contributed by atoms with van der Waals surface area (Å²) in [6.45, 7) is 2.15. The molecule has 2 nitrogen and oxygen atoms in total. The van der Waals surface area contributed by atoms with Crippen LogP contribution in [-0.4, -0.2) is 12.6 Å². The average Bonchev–Trinajstić information content (AvgIpc) is 2.25. The van der Waals surface area contributed by atoms with Crippen LogP contribution < -0.4 is 0 Å². The zero-order valence-corrected chi connectivity index (χ0v) is 11.6. The summed E-state index contributed by atoms with van der Waals surface area (Å²) in [7, 11) is 0. The Balaban J connectivity index is 2.57. The predicted octanol–water partition coefficient (Wildman–Crippen LogP) is 4.62. The molecule has 0 aliphatic carbocycles. The Morgan fingerprint density at radius 3 is 2.41 bits per heavy atom. The van der Waals surface area contributed by atoms with Crippen LogP contribution in [0, 0.1) is 0 Å². The average molecular weight is 296 g/mol. The summed E-state index contributed by atoms with van der Waals surface area (Å²) in [5, 5.41) is 0.777. The number of alkyl halides is 1. The van der Waals surface area contributed by atoms with Crippen LogP contribution in [0.15, 0.2) is 18.2 Å². The normalized spacial score (nSPS) is 12.2. The van der Waals surface area contributed by atoms with Gasteiger partial charge in [0.2, 0.25) is 0 Å². The zero-order chi connectivity index (χ0) is 12.8. The molecule has 0 spiro atoms. The van der Waals surface area contributed by atoms with Crippen molar-refractivity contribution < 1.29 is 9.53 Å². The van der Waals surface area contributed by atoms with Crippen molar-refractivity contribution >= 4 is 40.8 Å². The summed E-state index contributed by atoms with van der Waals surface area (Å²) in [6, 6.07) is 5.13. The van der Waals surface area contributed by atoms with E-state index >= 15 is 0 Å². The Hall–Kier alpha value is -0.440. The summed E-state index contributed by atoms with van der Waals surface area (Å²) in [5.41, 5.74) is 0.813. The van der Waals surface area contributed by atoms with E-state index in [1.807, 2.05) is 0 Å². The number of hydrogen-bond acceptors (Lipinski definition) is 2. The molecule has 0 aliphatic heterocycles. The molecule has 0 aliphatic rings. The van der Waals surface area contributed by atoms with Gasteiger partial charge in [0.15, 0.2) is 0 Å². The van der Waals surface area contributed by atoms with Crippen molar-refractivity contribution in [2.24, 2.45) is 0 Å². The molecule has 1 rings (SSSR count). The number of ether oxygens (including phenoxy) is 1. The van der Waals surface area contributed by atoms with Gasteiger partial charge in [-0.2, -0.15) is 0 Å². The van der Waals surface area contributed by atoms with E-state index in [0.717, 1.165) is 5.56 Å². The Morgan fingerprint density at radius 1 is 1.29 bits per heavy atom. The number of rotatable bonds is 5. The smallest absolute Gasteiger partial charge is 0.305 e. The lowest BCUT2D eigenvalue weighted by Crippen LogP contribution is -2.05. The summed E-state index contributed by atoms with van der Waals surface area (Å²) >= 11 is 17.9. The summed E-state index contributed by atoms with van der Waals surface area (Å²) in [5.74, 6) is -0.244. The lowest BCUT2D eigenvalue weighted by molar-refractivity contribution is -0.143. The standard InChI is InChI=1S/C12H13Cl3O2/c1-2-17-12(16)4-3-11(15)8-5-9(13)7-10(14)6-8/h5-7,11H,2-4H2,1H3. The molecule has 0 N–H and O–H groups in total. The minimum absolute atomic E-state index is 0.244. The second-order valence-corrected chi connectivity index (χ2v) is 4.91. The van der Waals surface area contributed by atoms with Crippen LogP contribution in [0.4, 0.5) is 0 Å². The van der Waals surface area contributed by atoms with Gasteiger partial charge in [-0.1, -0.05) is 23.2 Å². The van der Waals surface area contributed by atoms with E-state index in [9.17, 15) is 4.79 Å². The maximum atomic E-state index is 11.2. The molecule has 0 amide bonds. The van der Waals surface area contributed by atoms with Crippen molar-refractivity contribution in [2.45, 2.75) is 25.1 Å². The largest absolute Gasteiger partial charge is 0.466 e. The van der Waals surface area contributed by atoms with E-state index in [1.165, 1.54) is 0 Å². The van der Waals surface area contributed by atoms with Gasteiger partial charge in [-0.05, 0) is 37.1 Å². The second-order valence-electron chi connectivity index (χ2n) is 3.51. The fourth-order valence-electron chi connectivity index (χ4n) is 1.40. The topological polar surface area (TPSA) is 26.3 Å². The summed E-state index contributed by atoms with van der Waals surface area (Å²) < 4.78 is 4.83. The number of carbonyl (C=O) groups excluding carboxylic acids is 1. The van der Waals surface area contributed by atoms with Crippen LogP contribution in [-0.2, 0) is 9.53 Å². The first-order chi connectivity index (χ1) is 8.02. The molecule has 17 heavy (non-hydrogen) atoms. The van der Waals surface area contributed by atoms with Gasteiger partial charge in [0.05, 0.1) is 12.0 Å². The van der Waals surface area contributed by atoms with Crippen LogP contribution in [0.2, 0.25) is 10.0 Å². The van der Waals surface area contributed by atoms with E-state index in [1.54, 1.807) is 25.1 Å². The minimum atomic E-state index is -0.296. The van der Waals surface area contributed by atoms with Crippen LogP contribution >= 0.6 is 34.8 Å². The first kappa shape index (κ1) is 14.6. The van der Waals surface area contributed by atoms with Crippen LogP contribution in [0.25, 0.3) is 0 Å². The molecule has 0 radical (unpaired) electrons. The van der Waals surface area contributed by atoms with Crippen LogP contribution in [0.3, 0.4) is 0 Å². The van der Waals surface area contributed by atoms with Gasteiger partial charge in [0, 0.05) is 16.5 Å². The van der Waals surface area contributed by atoms with Crippen molar-refractivity contribution in [3.8, 4) is 0 Å². The molecular weight excluding hydrogens is 282 g/mol. The highest BCUT2D eigenvalue weighted by Crippen LogP contribution is 2.30. The fourth-order valence-corrected chi connectivity index (χ4v) is 2.18. The first-order valence-electron chi connectivity index (χ1n) is 5.28. The zero-order valence-electron chi connectivity index (χ0n) is 9.38. The molecule has 5 heteroatoms. The molecule has 94 valence electrons. The van der Waals surface area contributed by atoms with Crippen molar-refractivity contribution in [2.75, 3.05) is 6.61 Å². The van der Waals surface area contributed by atoms with E-state index < -0.39 is 0 Å². The Kier molecular flexibility index (Phi) is 6.10. The number of benzene rings is 1. The molecular formula is C12H13Cl3O2. The first-order valence-corrected chi connectivity index (χ1v) is 6.48. The highest BCUT2D eigenvalue weighted by atomic mass is 35.5. The Bertz CT molecular complexity index is 373. The highest BCUT2D eigenvalue weighted by molar-refractivity contribution is 6.35. The lowest BCUT2D eigenvalue weighted by atomic mass is 10.1. The molecule has 1 aromatic carbocycles. The predicted molar refractivity (Wildman–Crippen MR) is 70.9 cm³/mol. The van der Waals surface area contributed by atoms with Gasteiger partial charge < -0.3 is 4.74 Å². The molecule has 0 saturated heterocycles. The third-order valence-electron chi connectivity index (χ3n) is 2.15. The van der Waals surface area contributed by atoms with Crippen LogP contribution in [0.5, 0.6) is 0 Å². The molecule has 0 saturated carbocycles. The monoisotopic (exact) mass is 294 g/mol. The molecule has 0 bridgehead atoms. The Labute approximate surface area is 116 Å². The molecule has 0 fully saturated rings. The van der Waals surface area contributed by atoms with Crippen molar-refractivity contribution in [1.82, 2.24) is 0 Å².